The van der Waals surface area contributed by atoms with Gasteiger partial charge in [0.1, 0.15) is 16.1 Å². The molecule has 0 spiro atoms. The summed E-state index contributed by atoms with van der Waals surface area (Å²) < 4.78 is 66.8. The van der Waals surface area contributed by atoms with Gasteiger partial charge in [0.2, 0.25) is 15.9 Å². The van der Waals surface area contributed by atoms with Crippen LogP contribution in [0.5, 0.6) is 0 Å². The Bertz CT molecular complexity index is 1260. The number of sulfonamides is 2. The summed E-state index contributed by atoms with van der Waals surface area (Å²) in [6.45, 7) is 0.0408. The van der Waals surface area contributed by atoms with Crippen LogP contribution in [0.3, 0.4) is 0 Å². The standard InChI is InChI=1S/C19H23FN4O7S3/c1-13(25)21-8-11-33(28,29)23-9-10-24(16(12-23)19(26)22-27)34(30,31)18-7-6-17(32-18)14-2-4-15(20)5-3-14/h2-7,16,27H,8-12H2,1H3,(H,21,25)(H,22,26)/t16-/m1/s1. The third-order valence-electron chi connectivity index (χ3n) is 5.11. The minimum absolute atomic E-state index is 0.0930. The second-order valence-electron chi connectivity index (χ2n) is 7.39. The Morgan fingerprint density at radius 2 is 1.79 bits per heavy atom. The van der Waals surface area contributed by atoms with E-state index in [9.17, 15) is 30.8 Å². The normalized spacial score (nSPS) is 17.9. The van der Waals surface area contributed by atoms with Crippen molar-refractivity contribution in [3.05, 3.63) is 42.2 Å². The number of rotatable bonds is 8. The average molecular weight is 535 g/mol. The van der Waals surface area contributed by atoms with Crippen molar-refractivity contribution in [1.29, 1.82) is 0 Å². The van der Waals surface area contributed by atoms with Crippen LogP contribution in [0.15, 0.2) is 40.6 Å². The number of thiophene rings is 1. The lowest BCUT2D eigenvalue weighted by atomic mass is 10.2. The SMILES string of the molecule is CC(=O)NCCS(=O)(=O)N1CCN(S(=O)(=O)c2ccc(-c3ccc(F)cc3)s2)[C@@H](C(=O)NO)C1. The lowest BCUT2D eigenvalue weighted by Crippen LogP contribution is -2.61. The second-order valence-corrected chi connectivity index (χ2v) is 12.7. The summed E-state index contributed by atoms with van der Waals surface area (Å²) in [4.78, 5) is 23.9. The highest BCUT2D eigenvalue weighted by Crippen LogP contribution is 2.33. The lowest BCUT2D eigenvalue weighted by molar-refractivity contribution is -0.134. The third kappa shape index (κ3) is 5.79. The Morgan fingerprint density at radius 3 is 2.41 bits per heavy atom. The van der Waals surface area contributed by atoms with Crippen molar-refractivity contribution in [2.24, 2.45) is 0 Å². The Hall–Kier alpha value is -2.43. The van der Waals surface area contributed by atoms with Gasteiger partial charge in [-0.3, -0.25) is 14.8 Å². The van der Waals surface area contributed by atoms with Gasteiger partial charge in [0.05, 0.1) is 5.75 Å². The van der Waals surface area contributed by atoms with Gasteiger partial charge in [-0.1, -0.05) is 12.1 Å². The van der Waals surface area contributed by atoms with Gasteiger partial charge in [0.15, 0.2) is 0 Å². The summed E-state index contributed by atoms with van der Waals surface area (Å²) in [6, 6.07) is 6.88. The predicted molar refractivity (Wildman–Crippen MR) is 121 cm³/mol. The van der Waals surface area contributed by atoms with E-state index in [0.29, 0.717) is 10.4 Å². The molecule has 1 aliphatic heterocycles. The smallest absolute Gasteiger partial charge is 0.263 e. The zero-order chi connectivity index (χ0) is 25.1. The van der Waals surface area contributed by atoms with Gasteiger partial charge in [-0.2, -0.15) is 8.61 Å². The summed E-state index contributed by atoms with van der Waals surface area (Å²) in [6.07, 6.45) is 0. The highest BCUT2D eigenvalue weighted by Gasteiger charge is 2.43. The second kappa shape index (κ2) is 10.5. The van der Waals surface area contributed by atoms with Crippen LogP contribution in [0, 0.1) is 5.82 Å². The van der Waals surface area contributed by atoms with Gasteiger partial charge in [0.25, 0.3) is 15.9 Å². The van der Waals surface area contributed by atoms with Crippen LogP contribution in [0.1, 0.15) is 6.92 Å². The molecule has 11 nitrogen and oxygen atoms in total. The van der Waals surface area contributed by atoms with E-state index in [1.54, 1.807) is 6.07 Å². The number of carbonyl (C=O) groups excluding carboxylic acids is 2. The molecule has 1 aromatic heterocycles. The van der Waals surface area contributed by atoms with Gasteiger partial charge in [0, 0.05) is 38.0 Å². The molecular weight excluding hydrogens is 511 g/mol. The maximum absolute atomic E-state index is 13.3. The first kappa shape index (κ1) is 26.2. The number of piperazine rings is 1. The van der Waals surface area contributed by atoms with E-state index in [-0.39, 0.29) is 23.8 Å². The van der Waals surface area contributed by atoms with Crippen LogP contribution in [-0.2, 0) is 29.6 Å². The summed E-state index contributed by atoms with van der Waals surface area (Å²) in [7, 11) is -8.15. The van der Waals surface area contributed by atoms with Crippen LogP contribution >= 0.6 is 11.3 Å². The molecule has 2 aromatic rings. The first-order valence-corrected chi connectivity index (χ1v) is 13.9. The van der Waals surface area contributed by atoms with E-state index in [4.69, 9.17) is 5.21 Å². The third-order valence-corrected chi connectivity index (χ3v) is 10.5. The number of benzene rings is 1. The molecule has 2 amide bonds. The van der Waals surface area contributed by atoms with E-state index in [1.165, 1.54) is 42.7 Å². The van der Waals surface area contributed by atoms with Gasteiger partial charge >= 0.3 is 0 Å². The molecule has 0 radical (unpaired) electrons. The van der Waals surface area contributed by atoms with Crippen LogP contribution in [0.4, 0.5) is 4.39 Å². The molecule has 0 saturated carbocycles. The summed E-state index contributed by atoms with van der Waals surface area (Å²) in [5.74, 6) is -2.35. The number of halogens is 1. The average Bonchev–Trinajstić information content (AvgIpc) is 3.29. The molecule has 2 heterocycles. The minimum atomic E-state index is -4.23. The highest BCUT2D eigenvalue weighted by molar-refractivity contribution is 7.91. The number of hydroxylamine groups is 1. The Kier molecular flexibility index (Phi) is 8.05. The molecular formula is C19H23FN4O7S3. The van der Waals surface area contributed by atoms with E-state index in [2.05, 4.69) is 5.32 Å². The van der Waals surface area contributed by atoms with Crippen molar-refractivity contribution in [3.8, 4) is 10.4 Å². The van der Waals surface area contributed by atoms with E-state index >= 15 is 0 Å². The Labute approximate surface area is 200 Å². The van der Waals surface area contributed by atoms with Crippen molar-refractivity contribution in [3.63, 3.8) is 0 Å². The molecule has 0 aliphatic carbocycles. The number of hydrogen-bond acceptors (Lipinski definition) is 8. The summed E-state index contributed by atoms with van der Waals surface area (Å²) in [5.41, 5.74) is 2.00. The van der Waals surface area contributed by atoms with Crippen molar-refractivity contribution in [2.75, 3.05) is 31.9 Å². The van der Waals surface area contributed by atoms with Crippen molar-refractivity contribution in [1.82, 2.24) is 19.4 Å². The highest BCUT2D eigenvalue weighted by atomic mass is 32.2. The molecule has 1 atom stereocenters. The predicted octanol–water partition coefficient (Wildman–Crippen LogP) is 0.200. The molecule has 0 unspecified atom stereocenters. The summed E-state index contributed by atoms with van der Waals surface area (Å²) >= 11 is 0.916. The van der Waals surface area contributed by atoms with Gasteiger partial charge < -0.3 is 5.32 Å². The quantitative estimate of drug-likeness (QED) is 0.323. The minimum Gasteiger partial charge on any atom is -0.355 e. The maximum Gasteiger partial charge on any atom is 0.263 e. The first-order valence-electron chi connectivity index (χ1n) is 9.99. The largest absolute Gasteiger partial charge is 0.355 e. The van der Waals surface area contributed by atoms with Crippen LogP contribution < -0.4 is 10.8 Å². The van der Waals surface area contributed by atoms with E-state index in [0.717, 1.165) is 19.9 Å². The molecule has 1 aromatic carbocycles. The van der Waals surface area contributed by atoms with E-state index < -0.39 is 56.0 Å². The van der Waals surface area contributed by atoms with Crippen LogP contribution in [-0.4, -0.2) is 80.4 Å². The van der Waals surface area contributed by atoms with Gasteiger partial charge in [-0.05, 0) is 29.8 Å². The number of nitrogens with one attached hydrogen (secondary N) is 2. The van der Waals surface area contributed by atoms with Gasteiger partial charge in [-0.15, -0.1) is 11.3 Å². The Morgan fingerprint density at radius 1 is 1.12 bits per heavy atom. The lowest BCUT2D eigenvalue weighted by Gasteiger charge is -2.38. The van der Waals surface area contributed by atoms with Crippen LogP contribution in [0.2, 0.25) is 0 Å². The van der Waals surface area contributed by atoms with Crippen molar-refractivity contribution >= 4 is 43.2 Å². The van der Waals surface area contributed by atoms with Crippen LogP contribution in [0.25, 0.3) is 10.4 Å². The zero-order valence-corrected chi connectivity index (χ0v) is 20.4. The fourth-order valence-corrected chi connectivity index (χ4v) is 7.76. The number of carbonyl (C=O) groups is 2. The maximum atomic E-state index is 13.3. The van der Waals surface area contributed by atoms with Gasteiger partial charge in [-0.25, -0.2) is 26.7 Å². The molecule has 186 valence electrons. The number of amides is 2. The molecule has 1 fully saturated rings. The summed E-state index contributed by atoms with van der Waals surface area (Å²) in [5, 5.41) is 11.5. The Balaban J connectivity index is 1.83. The number of hydrogen-bond donors (Lipinski definition) is 3. The first-order chi connectivity index (χ1) is 16.0. The van der Waals surface area contributed by atoms with Crippen molar-refractivity contribution < 1.29 is 36.0 Å². The molecule has 0 bridgehead atoms. The molecule has 3 rings (SSSR count). The van der Waals surface area contributed by atoms with Crippen molar-refractivity contribution in [2.45, 2.75) is 17.2 Å². The molecule has 34 heavy (non-hydrogen) atoms. The topological polar surface area (TPSA) is 153 Å². The zero-order valence-electron chi connectivity index (χ0n) is 18.0. The monoisotopic (exact) mass is 534 g/mol. The van der Waals surface area contributed by atoms with E-state index in [1.807, 2.05) is 0 Å². The number of nitrogens with zero attached hydrogens (tertiary/aromatic N) is 2. The molecule has 1 saturated heterocycles. The fourth-order valence-electron chi connectivity index (χ4n) is 3.40. The molecule has 3 N–H and O–H groups in total. The fraction of sp³-hybridized carbons (Fsp3) is 0.368. The molecule has 1 aliphatic rings. The molecule has 15 heteroatoms.